The minimum atomic E-state index is -0.843. The molecule has 1 atom stereocenters. The highest BCUT2D eigenvalue weighted by molar-refractivity contribution is 6.51. The lowest BCUT2D eigenvalue weighted by atomic mass is 10.1. The van der Waals surface area contributed by atoms with Gasteiger partial charge in [-0.3, -0.25) is 9.59 Å². The lowest BCUT2D eigenvalue weighted by molar-refractivity contribution is -0.112. The number of nitrogens with one attached hydrogen (secondary N) is 1. The quantitative estimate of drug-likeness (QED) is 0.740. The molecule has 100 valence electrons. The molecular weight excluding hydrogens is 251 g/mol. The van der Waals surface area contributed by atoms with Crippen molar-refractivity contribution >= 4 is 23.1 Å². The molecule has 0 aliphatic carbocycles. The largest absolute Gasteiger partial charge is 0.388 e. The second-order valence-corrected chi connectivity index (χ2v) is 5.30. The van der Waals surface area contributed by atoms with Crippen molar-refractivity contribution in [2.45, 2.75) is 18.9 Å². The van der Waals surface area contributed by atoms with Crippen molar-refractivity contribution in [3.63, 3.8) is 0 Å². The van der Waals surface area contributed by atoms with Crippen LogP contribution in [-0.2, 0) is 4.79 Å². The second-order valence-electron chi connectivity index (χ2n) is 5.30. The van der Waals surface area contributed by atoms with Crippen LogP contribution < -0.4 is 10.2 Å². The first-order chi connectivity index (χ1) is 8.87. The number of hydrogen-bond donors (Lipinski definition) is 2. The molecule has 0 aromatic heterocycles. The van der Waals surface area contributed by atoms with Crippen LogP contribution in [0.3, 0.4) is 0 Å². The van der Waals surface area contributed by atoms with Crippen LogP contribution >= 0.6 is 0 Å². The summed E-state index contributed by atoms with van der Waals surface area (Å²) in [4.78, 5) is 24.4. The monoisotopic (exact) mass is 264 g/mol. The SMILES string of the molecule is CC1(O)CCN(c2cc3c(cc2F)C(=O)C(=O)N3)C1. The third-order valence-corrected chi connectivity index (χ3v) is 3.58. The Morgan fingerprint density at radius 2 is 2.16 bits per heavy atom. The number of nitrogens with zero attached hydrogens (tertiary/aromatic N) is 1. The van der Waals surface area contributed by atoms with E-state index in [0.717, 1.165) is 6.07 Å². The maximum Gasteiger partial charge on any atom is 0.296 e. The minimum absolute atomic E-state index is 0.0669. The third kappa shape index (κ3) is 1.88. The molecule has 6 heteroatoms. The minimum Gasteiger partial charge on any atom is -0.388 e. The Kier molecular flexibility index (Phi) is 2.40. The van der Waals surface area contributed by atoms with Gasteiger partial charge in [-0.2, -0.15) is 0 Å². The van der Waals surface area contributed by atoms with Gasteiger partial charge in [-0.25, -0.2) is 4.39 Å². The van der Waals surface area contributed by atoms with Crippen LogP contribution in [0.4, 0.5) is 15.8 Å². The van der Waals surface area contributed by atoms with Crippen molar-refractivity contribution in [3.8, 4) is 0 Å². The fourth-order valence-electron chi connectivity index (χ4n) is 2.55. The highest BCUT2D eigenvalue weighted by Gasteiger charge is 2.35. The Balaban J connectivity index is 1.99. The zero-order valence-electron chi connectivity index (χ0n) is 10.4. The predicted molar refractivity (Wildman–Crippen MR) is 66.8 cm³/mol. The summed E-state index contributed by atoms with van der Waals surface area (Å²) in [5, 5.41) is 12.3. The second kappa shape index (κ2) is 3.77. The first-order valence-electron chi connectivity index (χ1n) is 6.04. The highest BCUT2D eigenvalue weighted by atomic mass is 19.1. The van der Waals surface area contributed by atoms with E-state index < -0.39 is 23.1 Å². The third-order valence-electron chi connectivity index (χ3n) is 3.58. The van der Waals surface area contributed by atoms with Crippen molar-refractivity contribution in [1.82, 2.24) is 0 Å². The average molecular weight is 264 g/mol. The van der Waals surface area contributed by atoms with E-state index in [4.69, 9.17) is 0 Å². The van der Waals surface area contributed by atoms with Crippen LogP contribution in [-0.4, -0.2) is 35.5 Å². The molecule has 2 aliphatic rings. The number of Topliss-reactive ketones (excluding diaryl/α,β-unsaturated/α-hetero) is 1. The molecule has 2 N–H and O–H groups in total. The maximum absolute atomic E-state index is 14.0. The smallest absolute Gasteiger partial charge is 0.296 e. The van der Waals surface area contributed by atoms with Crippen molar-refractivity contribution < 1.29 is 19.1 Å². The van der Waals surface area contributed by atoms with Crippen LogP contribution in [0.1, 0.15) is 23.7 Å². The van der Waals surface area contributed by atoms with E-state index in [1.807, 2.05) is 0 Å². The maximum atomic E-state index is 14.0. The molecule has 2 aliphatic heterocycles. The molecule has 1 aromatic rings. The Morgan fingerprint density at radius 3 is 2.79 bits per heavy atom. The number of carbonyl (C=O) groups excluding carboxylic acids is 2. The van der Waals surface area contributed by atoms with E-state index in [-0.39, 0.29) is 5.56 Å². The Morgan fingerprint density at radius 1 is 1.42 bits per heavy atom. The van der Waals surface area contributed by atoms with Gasteiger partial charge >= 0.3 is 0 Å². The Bertz CT molecular complexity index is 598. The van der Waals surface area contributed by atoms with E-state index in [0.29, 0.717) is 30.9 Å². The summed E-state index contributed by atoms with van der Waals surface area (Å²) in [6, 6.07) is 2.53. The first-order valence-corrected chi connectivity index (χ1v) is 6.04. The van der Waals surface area contributed by atoms with Gasteiger partial charge in [0.15, 0.2) is 0 Å². The number of fused-ring (bicyclic) bond motifs is 1. The number of ketones is 1. The number of halogens is 1. The number of amides is 1. The Labute approximate surface area is 109 Å². The fraction of sp³-hybridized carbons (Fsp3) is 0.385. The standard InChI is InChI=1S/C13H13FN2O3/c1-13(19)2-3-16(6-13)10-5-9-7(4-8(10)14)11(17)12(18)15-9/h4-5,19H,2-3,6H2,1H3,(H,15,17,18). The number of carbonyl (C=O) groups is 2. The van der Waals surface area contributed by atoms with Gasteiger partial charge in [-0.15, -0.1) is 0 Å². The zero-order chi connectivity index (χ0) is 13.8. The van der Waals surface area contributed by atoms with Crippen LogP contribution in [0.2, 0.25) is 0 Å². The van der Waals surface area contributed by atoms with E-state index in [2.05, 4.69) is 5.32 Å². The van der Waals surface area contributed by atoms with Crippen LogP contribution in [0.5, 0.6) is 0 Å². The lowest BCUT2D eigenvalue weighted by Crippen LogP contribution is -2.30. The highest BCUT2D eigenvalue weighted by Crippen LogP contribution is 2.34. The number of benzene rings is 1. The van der Waals surface area contributed by atoms with Gasteiger partial charge < -0.3 is 15.3 Å². The van der Waals surface area contributed by atoms with E-state index >= 15 is 0 Å². The van der Waals surface area contributed by atoms with Crippen molar-refractivity contribution in [3.05, 3.63) is 23.5 Å². The molecule has 19 heavy (non-hydrogen) atoms. The molecule has 5 nitrogen and oxygen atoms in total. The number of hydrogen-bond acceptors (Lipinski definition) is 4. The summed E-state index contributed by atoms with van der Waals surface area (Å²) >= 11 is 0. The van der Waals surface area contributed by atoms with Gasteiger partial charge in [0.2, 0.25) is 0 Å². The molecule has 1 saturated heterocycles. The van der Waals surface area contributed by atoms with Crippen LogP contribution in [0, 0.1) is 5.82 Å². The zero-order valence-corrected chi connectivity index (χ0v) is 10.4. The molecule has 0 bridgehead atoms. The number of anilines is 2. The van der Waals surface area contributed by atoms with E-state index in [9.17, 15) is 19.1 Å². The van der Waals surface area contributed by atoms with Gasteiger partial charge in [0.25, 0.3) is 11.7 Å². The summed E-state index contributed by atoms with van der Waals surface area (Å²) in [7, 11) is 0. The molecule has 0 saturated carbocycles. The normalized spacial score (nSPS) is 25.7. The van der Waals surface area contributed by atoms with Crippen molar-refractivity contribution in [2.24, 2.45) is 0 Å². The molecule has 0 spiro atoms. The van der Waals surface area contributed by atoms with Gasteiger partial charge in [0.05, 0.1) is 22.5 Å². The van der Waals surface area contributed by atoms with Crippen molar-refractivity contribution in [1.29, 1.82) is 0 Å². The summed E-state index contributed by atoms with van der Waals surface area (Å²) in [6.45, 7) is 2.55. The summed E-state index contributed by atoms with van der Waals surface area (Å²) in [6.07, 6.45) is 0.550. The van der Waals surface area contributed by atoms with Gasteiger partial charge in [0.1, 0.15) is 5.82 Å². The molecular formula is C13H13FN2O3. The first kappa shape index (κ1) is 12.1. The molecule has 0 radical (unpaired) electrons. The summed E-state index contributed by atoms with van der Waals surface area (Å²) in [5.41, 5.74) is -0.147. The predicted octanol–water partition coefficient (Wildman–Crippen LogP) is 0.922. The average Bonchev–Trinajstić information content (AvgIpc) is 2.81. The number of β-amino-alcohol motifs (C(OH)–C–C–N with tert-alkyl or cyclic N) is 1. The van der Waals surface area contributed by atoms with Crippen LogP contribution in [0.15, 0.2) is 12.1 Å². The van der Waals surface area contributed by atoms with Gasteiger partial charge in [0, 0.05) is 13.1 Å². The fourth-order valence-corrected chi connectivity index (χ4v) is 2.55. The van der Waals surface area contributed by atoms with Crippen LogP contribution in [0.25, 0.3) is 0 Å². The van der Waals surface area contributed by atoms with E-state index in [1.54, 1.807) is 11.8 Å². The summed E-state index contributed by atoms with van der Waals surface area (Å²) in [5.74, 6) is -2.00. The molecule has 2 heterocycles. The molecule has 1 aromatic carbocycles. The van der Waals surface area contributed by atoms with Gasteiger partial charge in [-0.1, -0.05) is 0 Å². The molecule has 1 fully saturated rings. The molecule has 1 amide bonds. The van der Waals surface area contributed by atoms with Gasteiger partial charge in [-0.05, 0) is 25.5 Å². The molecule has 1 unspecified atom stereocenters. The lowest BCUT2D eigenvalue weighted by Gasteiger charge is -2.21. The Hall–Kier alpha value is -1.95. The van der Waals surface area contributed by atoms with E-state index in [1.165, 1.54) is 6.07 Å². The topological polar surface area (TPSA) is 69.6 Å². The number of aliphatic hydroxyl groups is 1. The summed E-state index contributed by atoms with van der Waals surface area (Å²) < 4.78 is 14.0. The number of rotatable bonds is 1. The van der Waals surface area contributed by atoms with Crippen molar-refractivity contribution in [2.75, 3.05) is 23.3 Å². The molecule has 3 rings (SSSR count).